The number of fused-ring (bicyclic) bond motifs is 1. The number of benzene rings is 1. The molecule has 1 unspecified atom stereocenters. The molecule has 0 amide bonds. The zero-order valence-electron chi connectivity index (χ0n) is 19.2. The second-order valence-corrected chi connectivity index (χ2v) is 11.3. The van der Waals surface area contributed by atoms with Gasteiger partial charge < -0.3 is 4.74 Å². The number of pyridine rings is 1. The number of ketones is 1. The molecule has 0 bridgehead atoms. The van der Waals surface area contributed by atoms with Crippen LogP contribution in [0.2, 0.25) is 0 Å². The number of rotatable bonds is 8. The molecule has 0 aliphatic carbocycles. The summed E-state index contributed by atoms with van der Waals surface area (Å²) in [6, 6.07) is 8.88. The lowest BCUT2D eigenvalue weighted by Crippen LogP contribution is -2.47. The quantitative estimate of drug-likeness (QED) is 0.438. The van der Waals surface area contributed by atoms with Gasteiger partial charge in [0.2, 0.25) is 6.36 Å². The number of hydrogen-bond donors (Lipinski definition) is 0. The SMILES string of the molecule is CC[C@H](C)n1nc(-c2cccc(OC(C)F)c2)c2ncc(C(=O)CC3(C)CS(=O)(=O)C3)cc21. The van der Waals surface area contributed by atoms with E-state index in [1.807, 2.05) is 24.6 Å². The number of carbonyl (C=O) groups is 1. The predicted octanol–water partition coefficient (Wildman–Crippen LogP) is 4.77. The van der Waals surface area contributed by atoms with Gasteiger partial charge in [0, 0.05) is 42.1 Å². The number of aromatic nitrogens is 3. The number of Topliss-reactive ketones (excluding diaryl/α,β-unsaturated/α-hetero) is 1. The molecule has 9 heteroatoms. The number of nitrogens with zero attached hydrogens (tertiary/aromatic N) is 3. The molecule has 2 aromatic heterocycles. The van der Waals surface area contributed by atoms with Gasteiger partial charge in [-0.3, -0.25) is 14.5 Å². The van der Waals surface area contributed by atoms with E-state index >= 15 is 0 Å². The molecular formula is C24H28FN3O4S. The minimum Gasteiger partial charge on any atom is -0.461 e. The third-order valence-electron chi connectivity index (χ3n) is 6.01. The number of sulfone groups is 1. The molecule has 3 aromatic rings. The molecule has 3 heterocycles. The van der Waals surface area contributed by atoms with Gasteiger partial charge in [-0.05, 0) is 31.5 Å². The van der Waals surface area contributed by atoms with Crippen molar-refractivity contribution in [2.75, 3.05) is 11.5 Å². The number of carbonyl (C=O) groups excluding carboxylic acids is 1. The summed E-state index contributed by atoms with van der Waals surface area (Å²) < 4.78 is 43.6. The Morgan fingerprint density at radius 3 is 2.64 bits per heavy atom. The molecule has 1 aromatic carbocycles. The van der Waals surface area contributed by atoms with Crippen LogP contribution < -0.4 is 4.74 Å². The molecule has 0 N–H and O–H groups in total. The highest BCUT2D eigenvalue weighted by atomic mass is 32.2. The maximum absolute atomic E-state index is 13.3. The van der Waals surface area contributed by atoms with E-state index in [2.05, 4.69) is 11.9 Å². The van der Waals surface area contributed by atoms with Crippen LogP contribution in [0.25, 0.3) is 22.3 Å². The molecular weight excluding hydrogens is 445 g/mol. The largest absolute Gasteiger partial charge is 0.461 e. The lowest BCUT2D eigenvalue weighted by Gasteiger charge is -2.37. The van der Waals surface area contributed by atoms with Gasteiger partial charge in [0.1, 0.15) is 17.0 Å². The number of hydrogen-bond acceptors (Lipinski definition) is 6. The van der Waals surface area contributed by atoms with Crippen molar-refractivity contribution >= 4 is 26.7 Å². The second kappa shape index (κ2) is 8.52. The van der Waals surface area contributed by atoms with Crippen molar-refractivity contribution < 1.29 is 22.3 Å². The molecule has 0 saturated carbocycles. The minimum atomic E-state index is -3.03. The van der Waals surface area contributed by atoms with E-state index in [0.29, 0.717) is 22.5 Å². The normalized spacial score (nSPS) is 18.5. The van der Waals surface area contributed by atoms with E-state index < -0.39 is 21.6 Å². The minimum absolute atomic E-state index is 0.0340. The fourth-order valence-corrected chi connectivity index (χ4v) is 6.63. The summed E-state index contributed by atoms with van der Waals surface area (Å²) >= 11 is 0. The third kappa shape index (κ3) is 4.78. The topological polar surface area (TPSA) is 91.2 Å². The van der Waals surface area contributed by atoms with Crippen molar-refractivity contribution in [2.45, 2.75) is 52.9 Å². The van der Waals surface area contributed by atoms with E-state index in [0.717, 1.165) is 17.5 Å². The fourth-order valence-electron chi connectivity index (χ4n) is 4.39. The second-order valence-electron chi connectivity index (χ2n) is 9.27. The standard InChI is InChI=1S/C24H28FN3O4S/c1-5-15(2)28-20-10-18(21(29)11-24(4)13-33(30,31)14-24)12-26-23(20)22(27-28)17-7-6-8-19(9-17)32-16(3)25/h6-10,12,15-16H,5,11,13-14H2,1-4H3/t15-,16?/m0/s1. The van der Waals surface area contributed by atoms with Gasteiger partial charge in [0.25, 0.3) is 0 Å². The van der Waals surface area contributed by atoms with Crippen LogP contribution in [0.3, 0.4) is 0 Å². The van der Waals surface area contributed by atoms with Crippen LogP contribution in [-0.2, 0) is 9.84 Å². The molecule has 0 spiro atoms. The van der Waals surface area contributed by atoms with Crippen LogP contribution in [0.5, 0.6) is 5.75 Å². The summed E-state index contributed by atoms with van der Waals surface area (Å²) in [5, 5.41) is 4.79. The van der Waals surface area contributed by atoms with Crippen LogP contribution in [-0.4, -0.2) is 46.8 Å². The Labute approximate surface area is 192 Å². The molecule has 1 saturated heterocycles. The first-order chi connectivity index (χ1) is 15.5. The van der Waals surface area contributed by atoms with Crippen molar-refractivity contribution in [3.63, 3.8) is 0 Å². The maximum Gasteiger partial charge on any atom is 0.235 e. The number of halogens is 1. The van der Waals surface area contributed by atoms with E-state index in [1.165, 1.54) is 13.1 Å². The average molecular weight is 474 g/mol. The zero-order chi connectivity index (χ0) is 24.0. The van der Waals surface area contributed by atoms with Gasteiger partial charge >= 0.3 is 0 Å². The molecule has 2 atom stereocenters. The van der Waals surface area contributed by atoms with Crippen LogP contribution in [0, 0.1) is 5.41 Å². The lowest BCUT2D eigenvalue weighted by molar-refractivity contribution is 0.0860. The van der Waals surface area contributed by atoms with Crippen molar-refractivity contribution in [1.29, 1.82) is 0 Å². The first-order valence-corrected chi connectivity index (χ1v) is 12.9. The average Bonchev–Trinajstić information content (AvgIpc) is 3.10. The number of alkyl halides is 1. The first kappa shape index (κ1) is 23.4. The smallest absolute Gasteiger partial charge is 0.235 e. The monoisotopic (exact) mass is 473 g/mol. The van der Waals surface area contributed by atoms with Gasteiger partial charge in [0.15, 0.2) is 15.6 Å². The highest BCUT2D eigenvalue weighted by Gasteiger charge is 2.45. The Morgan fingerprint density at radius 1 is 1.27 bits per heavy atom. The van der Waals surface area contributed by atoms with E-state index in [9.17, 15) is 17.6 Å². The molecule has 1 aliphatic heterocycles. The van der Waals surface area contributed by atoms with Crippen molar-refractivity contribution in [3.05, 3.63) is 42.1 Å². The van der Waals surface area contributed by atoms with Crippen molar-refractivity contribution in [1.82, 2.24) is 14.8 Å². The van der Waals surface area contributed by atoms with Gasteiger partial charge in [-0.25, -0.2) is 12.8 Å². The summed E-state index contributed by atoms with van der Waals surface area (Å²) in [6.45, 7) is 7.23. The Bertz CT molecular complexity index is 1300. The van der Waals surface area contributed by atoms with Crippen molar-refractivity contribution in [2.24, 2.45) is 5.41 Å². The van der Waals surface area contributed by atoms with Crippen LogP contribution in [0.4, 0.5) is 4.39 Å². The molecule has 33 heavy (non-hydrogen) atoms. The van der Waals surface area contributed by atoms with Crippen LogP contribution in [0.1, 0.15) is 56.9 Å². The Balaban J connectivity index is 1.73. The van der Waals surface area contributed by atoms with E-state index in [4.69, 9.17) is 9.84 Å². The Hall–Kier alpha value is -2.81. The molecule has 7 nitrogen and oxygen atoms in total. The summed E-state index contributed by atoms with van der Waals surface area (Å²) in [4.78, 5) is 17.5. The van der Waals surface area contributed by atoms with Gasteiger partial charge in [-0.1, -0.05) is 26.0 Å². The molecule has 1 aliphatic rings. The number of ether oxygens (including phenoxy) is 1. The zero-order valence-corrected chi connectivity index (χ0v) is 20.0. The van der Waals surface area contributed by atoms with E-state index in [1.54, 1.807) is 24.3 Å². The Morgan fingerprint density at radius 2 is 2.00 bits per heavy atom. The lowest BCUT2D eigenvalue weighted by atomic mass is 9.86. The molecule has 176 valence electrons. The predicted molar refractivity (Wildman–Crippen MR) is 125 cm³/mol. The summed E-state index contributed by atoms with van der Waals surface area (Å²) in [5.74, 6) is 0.329. The van der Waals surface area contributed by atoms with Gasteiger partial charge in [-0.15, -0.1) is 0 Å². The van der Waals surface area contributed by atoms with Crippen LogP contribution in [0.15, 0.2) is 36.5 Å². The molecule has 1 fully saturated rings. The fraction of sp³-hybridized carbons (Fsp3) is 0.458. The first-order valence-electron chi connectivity index (χ1n) is 11.0. The molecule has 0 radical (unpaired) electrons. The van der Waals surface area contributed by atoms with Gasteiger partial charge in [-0.2, -0.15) is 5.10 Å². The summed E-state index contributed by atoms with van der Waals surface area (Å²) in [7, 11) is -3.03. The van der Waals surface area contributed by atoms with Crippen molar-refractivity contribution in [3.8, 4) is 17.0 Å². The van der Waals surface area contributed by atoms with E-state index in [-0.39, 0.29) is 29.8 Å². The third-order valence-corrected chi connectivity index (χ3v) is 8.28. The Kier molecular flexibility index (Phi) is 6.03. The summed E-state index contributed by atoms with van der Waals surface area (Å²) in [5.41, 5.74) is 2.63. The highest BCUT2D eigenvalue weighted by molar-refractivity contribution is 7.92. The molecule has 4 rings (SSSR count). The van der Waals surface area contributed by atoms with Gasteiger partial charge in [0.05, 0.1) is 17.0 Å². The maximum atomic E-state index is 13.3. The highest BCUT2D eigenvalue weighted by Crippen LogP contribution is 2.37. The summed E-state index contributed by atoms with van der Waals surface area (Å²) in [6.07, 6.45) is 1.07. The van der Waals surface area contributed by atoms with Crippen LogP contribution >= 0.6 is 0 Å².